The minimum atomic E-state index is -0.176. The van der Waals surface area contributed by atoms with Gasteiger partial charge in [-0.3, -0.25) is 4.79 Å². The Bertz CT molecular complexity index is 934. The number of aryl methyl sites for hydroxylation is 1. The summed E-state index contributed by atoms with van der Waals surface area (Å²) in [6.45, 7) is 4.22. The molecule has 1 aliphatic rings. The van der Waals surface area contributed by atoms with Gasteiger partial charge in [-0.1, -0.05) is 29.4 Å². The quantitative estimate of drug-likeness (QED) is 0.729. The van der Waals surface area contributed by atoms with Crippen molar-refractivity contribution < 1.29 is 9.32 Å². The lowest BCUT2D eigenvalue weighted by molar-refractivity contribution is 0.0949. The Kier molecular flexibility index (Phi) is 5.27. The van der Waals surface area contributed by atoms with Gasteiger partial charge in [-0.05, 0) is 31.7 Å². The van der Waals surface area contributed by atoms with Crippen molar-refractivity contribution in [2.75, 3.05) is 18.0 Å². The number of aromatic nitrogens is 4. The summed E-state index contributed by atoms with van der Waals surface area (Å²) in [6.07, 6.45) is 6.50. The Balaban J connectivity index is 1.38. The van der Waals surface area contributed by atoms with Crippen LogP contribution in [0.15, 0.2) is 41.4 Å². The van der Waals surface area contributed by atoms with Crippen molar-refractivity contribution in [1.82, 2.24) is 25.4 Å². The maximum Gasteiger partial charge on any atom is 0.254 e. The molecule has 1 saturated heterocycles. The molecule has 0 radical (unpaired) electrons. The number of piperidine rings is 1. The summed E-state index contributed by atoms with van der Waals surface area (Å²) in [7, 11) is 0. The van der Waals surface area contributed by atoms with Gasteiger partial charge in [-0.25, -0.2) is 9.97 Å². The molecule has 0 atom stereocenters. The molecule has 8 nitrogen and oxygen atoms in total. The summed E-state index contributed by atoms with van der Waals surface area (Å²) >= 11 is 0. The number of carbonyl (C=O) groups excluding carboxylic acids is 1. The fourth-order valence-corrected chi connectivity index (χ4v) is 3.27. The standard InChI is InChI=1S/C20H22N6O2/c1-14-17(12-22-20(24-14)26-9-3-2-4-10-26)19(27)21-11-15-5-7-16(8-6-15)18-23-13-28-25-18/h5-8,12-13H,2-4,9-11H2,1H3,(H,21,27). The molecule has 3 aromatic rings. The van der Waals surface area contributed by atoms with Crippen molar-refractivity contribution in [2.24, 2.45) is 0 Å². The molecule has 0 aliphatic carbocycles. The van der Waals surface area contributed by atoms with E-state index in [0.717, 1.165) is 37.1 Å². The molecule has 1 aromatic carbocycles. The van der Waals surface area contributed by atoms with E-state index in [2.05, 4.69) is 30.3 Å². The molecule has 1 aliphatic heterocycles. The number of nitrogens with zero attached hydrogens (tertiary/aromatic N) is 5. The molecule has 2 aromatic heterocycles. The molecule has 1 fully saturated rings. The van der Waals surface area contributed by atoms with Gasteiger partial charge >= 0.3 is 0 Å². The third kappa shape index (κ3) is 4.00. The second-order valence-corrected chi connectivity index (χ2v) is 6.85. The number of amides is 1. The molecule has 144 valence electrons. The minimum absolute atomic E-state index is 0.176. The normalized spacial score (nSPS) is 14.1. The Morgan fingerprint density at radius 2 is 1.93 bits per heavy atom. The summed E-state index contributed by atoms with van der Waals surface area (Å²) in [6, 6.07) is 7.64. The van der Waals surface area contributed by atoms with E-state index in [-0.39, 0.29) is 5.91 Å². The number of rotatable bonds is 5. The van der Waals surface area contributed by atoms with Crippen LogP contribution >= 0.6 is 0 Å². The topological polar surface area (TPSA) is 97.0 Å². The highest BCUT2D eigenvalue weighted by Crippen LogP contribution is 2.17. The lowest BCUT2D eigenvalue weighted by atomic mass is 10.1. The van der Waals surface area contributed by atoms with Crippen LogP contribution in [0.3, 0.4) is 0 Å². The number of nitrogens with one attached hydrogen (secondary N) is 1. The fraction of sp³-hybridized carbons (Fsp3) is 0.350. The lowest BCUT2D eigenvalue weighted by Gasteiger charge is -2.26. The van der Waals surface area contributed by atoms with Crippen molar-refractivity contribution in [1.29, 1.82) is 0 Å². The van der Waals surface area contributed by atoms with Crippen LogP contribution < -0.4 is 10.2 Å². The minimum Gasteiger partial charge on any atom is -0.348 e. The molecule has 28 heavy (non-hydrogen) atoms. The van der Waals surface area contributed by atoms with Gasteiger partial charge in [0.05, 0.1) is 11.3 Å². The lowest BCUT2D eigenvalue weighted by Crippen LogP contribution is -2.31. The molecule has 0 bridgehead atoms. The van der Waals surface area contributed by atoms with E-state index in [4.69, 9.17) is 4.52 Å². The van der Waals surface area contributed by atoms with Gasteiger partial charge in [-0.15, -0.1) is 0 Å². The maximum atomic E-state index is 12.5. The second kappa shape index (κ2) is 8.16. The third-order valence-corrected chi connectivity index (χ3v) is 4.88. The number of hydrogen-bond donors (Lipinski definition) is 1. The zero-order valence-electron chi connectivity index (χ0n) is 15.8. The number of benzene rings is 1. The number of hydrogen-bond acceptors (Lipinski definition) is 7. The zero-order chi connectivity index (χ0) is 19.3. The van der Waals surface area contributed by atoms with E-state index in [9.17, 15) is 4.79 Å². The second-order valence-electron chi connectivity index (χ2n) is 6.85. The average Bonchev–Trinajstić information content (AvgIpc) is 3.28. The van der Waals surface area contributed by atoms with Gasteiger partial charge in [0, 0.05) is 31.4 Å². The molecule has 4 rings (SSSR count). The van der Waals surface area contributed by atoms with Crippen LogP contribution in [0.4, 0.5) is 5.95 Å². The SMILES string of the molecule is Cc1nc(N2CCCCC2)ncc1C(=O)NCc1ccc(-c2ncon2)cc1. The summed E-state index contributed by atoms with van der Waals surface area (Å²) in [5, 5.41) is 6.73. The first kappa shape index (κ1) is 18.1. The molecular weight excluding hydrogens is 356 g/mol. The van der Waals surface area contributed by atoms with Crippen LogP contribution in [-0.4, -0.2) is 39.1 Å². The first-order chi connectivity index (χ1) is 13.7. The molecule has 0 saturated carbocycles. The van der Waals surface area contributed by atoms with E-state index in [1.165, 1.54) is 12.8 Å². The Hall–Kier alpha value is -3.29. The largest absolute Gasteiger partial charge is 0.348 e. The summed E-state index contributed by atoms with van der Waals surface area (Å²) in [4.78, 5) is 27.7. The van der Waals surface area contributed by atoms with E-state index in [1.807, 2.05) is 31.2 Å². The highest BCUT2D eigenvalue weighted by molar-refractivity contribution is 5.94. The predicted molar refractivity (Wildman–Crippen MR) is 104 cm³/mol. The monoisotopic (exact) mass is 378 g/mol. The van der Waals surface area contributed by atoms with Gasteiger partial charge in [0.25, 0.3) is 5.91 Å². The summed E-state index contributed by atoms with van der Waals surface area (Å²) in [5.41, 5.74) is 3.04. The molecule has 1 amide bonds. The highest BCUT2D eigenvalue weighted by Gasteiger charge is 2.17. The first-order valence-corrected chi connectivity index (χ1v) is 9.43. The van der Waals surface area contributed by atoms with Crippen LogP contribution in [0, 0.1) is 6.92 Å². The molecule has 0 spiro atoms. The summed E-state index contributed by atoms with van der Waals surface area (Å²) < 4.78 is 4.75. The van der Waals surface area contributed by atoms with Gasteiger partial charge in [0.1, 0.15) is 0 Å². The van der Waals surface area contributed by atoms with Crippen molar-refractivity contribution >= 4 is 11.9 Å². The van der Waals surface area contributed by atoms with Crippen molar-refractivity contribution in [3.63, 3.8) is 0 Å². The predicted octanol–water partition coefficient (Wildman–Crippen LogP) is 2.76. The van der Waals surface area contributed by atoms with Gasteiger partial charge in [0.2, 0.25) is 18.2 Å². The molecule has 0 unspecified atom stereocenters. The first-order valence-electron chi connectivity index (χ1n) is 9.43. The van der Waals surface area contributed by atoms with E-state index < -0.39 is 0 Å². The van der Waals surface area contributed by atoms with E-state index in [1.54, 1.807) is 6.20 Å². The van der Waals surface area contributed by atoms with Crippen LogP contribution in [0.2, 0.25) is 0 Å². The van der Waals surface area contributed by atoms with Crippen molar-refractivity contribution in [3.05, 3.63) is 53.7 Å². The molecule has 3 heterocycles. The molecule has 8 heteroatoms. The van der Waals surface area contributed by atoms with Crippen LogP contribution in [0.5, 0.6) is 0 Å². The van der Waals surface area contributed by atoms with Crippen molar-refractivity contribution in [3.8, 4) is 11.4 Å². The average molecular weight is 378 g/mol. The fourth-order valence-electron chi connectivity index (χ4n) is 3.27. The maximum absolute atomic E-state index is 12.5. The Morgan fingerprint density at radius 1 is 1.14 bits per heavy atom. The third-order valence-electron chi connectivity index (χ3n) is 4.88. The van der Waals surface area contributed by atoms with E-state index >= 15 is 0 Å². The van der Waals surface area contributed by atoms with Crippen molar-refractivity contribution in [2.45, 2.75) is 32.7 Å². The van der Waals surface area contributed by atoms with Crippen LogP contribution in [0.1, 0.15) is 40.9 Å². The zero-order valence-corrected chi connectivity index (χ0v) is 15.8. The Labute approximate surface area is 163 Å². The Morgan fingerprint density at radius 3 is 2.61 bits per heavy atom. The van der Waals surface area contributed by atoms with Crippen LogP contribution in [-0.2, 0) is 6.54 Å². The smallest absolute Gasteiger partial charge is 0.254 e. The van der Waals surface area contributed by atoms with Gasteiger partial charge in [-0.2, -0.15) is 4.98 Å². The summed E-state index contributed by atoms with van der Waals surface area (Å²) in [5.74, 6) is 1.08. The van der Waals surface area contributed by atoms with E-state index in [0.29, 0.717) is 29.6 Å². The highest BCUT2D eigenvalue weighted by atomic mass is 16.5. The van der Waals surface area contributed by atoms with Crippen LogP contribution in [0.25, 0.3) is 11.4 Å². The number of carbonyl (C=O) groups is 1. The van der Waals surface area contributed by atoms with Gasteiger partial charge in [0.15, 0.2) is 0 Å². The molecule has 1 N–H and O–H groups in total. The number of anilines is 1. The van der Waals surface area contributed by atoms with Gasteiger partial charge < -0.3 is 14.7 Å². The molecular formula is C20H22N6O2.